The minimum atomic E-state index is 0.120. The van der Waals surface area contributed by atoms with Gasteiger partial charge in [-0.05, 0) is 31.5 Å². The molecule has 3 heteroatoms. The molecule has 3 N–H and O–H groups in total. The summed E-state index contributed by atoms with van der Waals surface area (Å²) >= 11 is 0. The van der Waals surface area contributed by atoms with E-state index >= 15 is 0 Å². The molecule has 1 aromatic carbocycles. The van der Waals surface area contributed by atoms with E-state index in [-0.39, 0.29) is 11.5 Å². The number of hydrogen-bond donors (Lipinski definition) is 2. The van der Waals surface area contributed by atoms with Gasteiger partial charge < -0.3 is 15.8 Å². The highest BCUT2D eigenvalue weighted by Gasteiger charge is 2.23. The van der Waals surface area contributed by atoms with Crippen molar-refractivity contribution in [1.82, 2.24) is 5.32 Å². The second-order valence-electron chi connectivity index (χ2n) is 5.16. The highest BCUT2D eigenvalue weighted by atomic mass is 16.5. The van der Waals surface area contributed by atoms with Crippen molar-refractivity contribution in [3.63, 3.8) is 0 Å². The third-order valence-corrected chi connectivity index (χ3v) is 3.17. The van der Waals surface area contributed by atoms with Gasteiger partial charge in [0.05, 0.1) is 7.11 Å². The maximum Gasteiger partial charge on any atom is 0.123 e. The standard InChI is InChI=1S/C14H24N2O/c1-14(2,10-15)9-12(16-3)11-7-5-6-8-13(11)17-4/h5-8,12,16H,9-10,15H2,1-4H3. The topological polar surface area (TPSA) is 47.3 Å². The Kier molecular flexibility index (Phi) is 4.97. The van der Waals surface area contributed by atoms with Crippen LogP contribution in [0.25, 0.3) is 0 Å². The van der Waals surface area contributed by atoms with E-state index < -0.39 is 0 Å². The van der Waals surface area contributed by atoms with Gasteiger partial charge in [0.25, 0.3) is 0 Å². The lowest BCUT2D eigenvalue weighted by atomic mass is 9.83. The highest BCUT2D eigenvalue weighted by molar-refractivity contribution is 5.36. The fourth-order valence-electron chi connectivity index (χ4n) is 1.96. The molecule has 0 aromatic heterocycles. The SMILES string of the molecule is CNC(CC(C)(C)CN)c1ccccc1OC. The van der Waals surface area contributed by atoms with Gasteiger partial charge in [0.1, 0.15) is 5.75 Å². The highest BCUT2D eigenvalue weighted by Crippen LogP contribution is 2.33. The van der Waals surface area contributed by atoms with Crippen LogP contribution in [0.15, 0.2) is 24.3 Å². The molecular weight excluding hydrogens is 212 g/mol. The Bertz CT molecular complexity index is 350. The van der Waals surface area contributed by atoms with Crippen LogP contribution in [0.4, 0.5) is 0 Å². The first-order valence-electron chi connectivity index (χ1n) is 6.04. The van der Waals surface area contributed by atoms with Gasteiger partial charge >= 0.3 is 0 Å². The molecule has 1 atom stereocenters. The Labute approximate surface area is 104 Å². The lowest BCUT2D eigenvalue weighted by molar-refractivity contribution is 0.293. The first-order valence-corrected chi connectivity index (χ1v) is 6.04. The van der Waals surface area contributed by atoms with Crippen LogP contribution in [0.1, 0.15) is 31.9 Å². The molecular formula is C14H24N2O. The summed E-state index contributed by atoms with van der Waals surface area (Å²) in [4.78, 5) is 0. The summed E-state index contributed by atoms with van der Waals surface area (Å²) in [5.74, 6) is 0.930. The van der Waals surface area contributed by atoms with Crippen LogP contribution >= 0.6 is 0 Å². The molecule has 0 aliphatic heterocycles. The molecule has 0 aliphatic carbocycles. The van der Waals surface area contributed by atoms with Gasteiger partial charge in [-0.2, -0.15) is 0 Å². The van der Waals surface area contributed by atoms with Crippen LogP contribution in [-0.2, 0) is 0 Å². The summed E-state index contributed by atoms with van der Waals surface area (Å²) in [6.45, 7) is 5.06. The molecule has 0 radical (unpaired) electrons. The van der Waals surface area contributed by atoms with E-state index in [1.807, 2.05) is 25.2 Å². The second-order valence-corrected chi connectivity index (χ2v) is 5.16. The van der Waals surface area contributed by atoms with E-state index in [1.54, 1.807) is 7.11 Å². The molecule has 0 aliphatic rings. The van der Waals surface area contributed by atoms with Gasteiger partial charge in [-0.25, -0.2) is 0 Å². The predicted octanol–water partition coefficient (Wildman–Crippen LogP) is 2.33. The molecule has 3 nitrogen and oxygen atoms in total. The molecule has 17 heavy (non-hydrogen) atoms. The third-order valence-electron chi connectivity index (χ3n) is 3.17. The maximum absolute atomic E-state index is 5.80. The molecule has 0 saturated carbocycles. The van der Waals surface area contributed by atoms with Crippen LogP contribution in [0.2, 0.25) is 0 Å². The monoisotopic (exact) mass is 236 g/mol. The van der Waals surface area contributed by atoms with Gasteiger partial charge in [0, 0.05) is 11.6 Å². The zero-order valence-electron chi connectivity index (χ0n) is 11.3. The zero-order valence-corrected chi connectivity index (χ0v) is 11.3. The van der Waals surface area contributed by atoms with Gasteiger partial charge in [0.15, 0.2) is 0 Å². The first-order chi connectivity index (χ1) is 8.04. The van der Waals surface area contributed by atoms with E-state index in [1.165, 1.54) is 5.56 Å². The maximum atomic E-state index is 5.80. The average molecular weight is 236 g/mol. The van der Waals surface area contributed by atoms with Crippen molar-refractivity contribution in [1.29, 1.82) is 0 Å². The van der Waals surface area contributed by atoms with E-state index in [4.69, 9.17) is 10.5 Å². The van der Waals surface area contributed by atoms with E-state index in [9.17, 15) is 0 Å². The predicted molar refractivity (Wildman–Crippen MR) is 72.2 cm³/mol. The summed E-state index contributed by atoms with van der Waals surface area (Å²) in [6, 6.07) is 8.40. The number of methoxy groups -OCH3 is 1. The summed E-state index contributed by atoms with van der Waals surface area (Å²) in [7, 11) is 3.68. The molecule has 0 spiro atoms. The number of benzene rings is 1. The molecule has 0 saturated heterocycles. The van der Waals surface area contributed by atoms with Crippen LogP contribution < -0.4 is 15.8 Å². The molecule has 0 bridgehead atoms. The van der Waals surface area contributed by atoms with Gasteiger partial charge in [0.2, 0.25) is 0 Å². The fourth-order valence-corrected chi connectivity index (χ4v) is 1.96. The van der Waals surface area contributed by atoms with Crippen molar-refractivity contribution in [3.8, 4) is 5.75 Å². The van der Waals surface area contributed by atoms with Gasteiger partial charge in [-0.3, -0.25) is 0 Å². The van der Waals surface area contributed by atoms with E-state index in [0.717, 1.165) is 12.2 Å². The summed E-state index contributed by atoms with van der Waals surface area (Å²) < 4.78 is 5.41. The molecule has 0 heterocycles. The largest absolute Gasteiger partial charge is 0.496 e. The second kappa shape index (κ2) is 6.03. The average Bonchev–Trinajstić information content (AvgIpc) is 2.36. The summed E-state index contributed by atoms with van der Waals surface area (Å²) in [5.41, 5.74) is 7.11. The van der Waals surface area contributed by atoms with Crippen molar-refractivity contribution in [3.05, 3.63) is 29.8 Å². The Morgan fingerprint density at radius 2 is 2.00 bits per heavy atom. The molecule has 0 amide bonds. The molecule has 96 valence electrons. The third kappa shape index (κ3) is 3.72. The smallest absolute Gasteiger partial charge is 0.123 e. The van der Waals surface area contributed by atoms with Crippen LogP contribution in [0, 0.1) is 5.41 Å². The quantitative estimate of drug-likeness (QED) is 0.797. The number of nitrogens with two attached hydrogens (primary N) is 1. The lowest BCUT2D eigenvalue weighted by Crippen LogP contribution is -2.30. The fraction of sp³-hybridized carbons (Fsp3) is 0.571. The van der Waals surface area contributed by atoms with Crippen molar-refractivity contribution < 1.29 is 4.74 Å². The van der Waals surface area contributed by atoms with Crippen molar-refractivity contribution in [2.75, 3.05) is 20.7 Å². The molecule has 1 rings (SSSR count). The molecule has 1 unspecified atom stereocenters. The minimum absolute atomic E-state index is 0.120. The van der Waals surface area contributed by atoms with E-state index in [0.29, 0.717) is 6.54 Å². The summed E-state index contributed by atoms with van der Waals surface area (Å²) in [6.07, 6.45) is 0.986. The van der Waals surface area contributed by atoms with E-state index in [2.05, 4.69) is 25.2 Å². The number of rotatable bonds is 6. The van der Waals surface area contributed by atoms with Gasteiger partial charge in [-0.15, -0.1) is 0 Å². The van der Waals surface area contributed by atoms with Crippen molar-refractivity contribution in [2.24, 2.45) is 11.1 Å². The zero-order chi connectivity index (χ0) is 12.9. The van der Waals surface area contributed by atoms with Crippen LogP contribution in [0.5, 0.6) is 5.75 Å². The van der Waals surface area contributed by atoms with Crippen LogP contribution in [-0.4, -0.2) is 20.7 Å². The van der Waals surface area contributed by atoms with Crippen molar-refractivity contribution >= 4 is 0 Å². The number of ether oxygens (including phenoxy) is 1. The first kappa shape index (κ1) is 14.0. The normalized spacial score (nSPS) is 13.5. The van der Waals surface area contributed by atoms with Crippen molar-refractivity contribution in [2.45, 2.75) is 26.3 Å². The Morgan fingerprint density at radius 3 is 2.53 bits per heavy atom. The lowest BCUT2D eigenvalue weighted by Gasteiger charge is -2.29. The number of nitrogens with one attached hydrogen (secondary N) is 1. The van der Waals surface area contributed by atoms with Gasteiger partial charge in [-0.1, -0.05) is 32.0 Å². The summed E-state index contributed by atoms with van der Waals surface area (Å²) in [5, 5.41) is 3.35. The number of para-hydroxylation sites is 1. The minimum Gasteiger partial charge on any atom is -0.496 e. The molecule has 1 aromatic rings. The molecule has 0 fully saturated rings. The number of hydrogen-bond acceptors (Lipinski definition) is 3. The van der Waals surface area contributed by atoms with Crippen LogP contribution in [0.3, 0.4) is 0 Å². The Hall–Kier alpha value is -1.06. The Morgan fingerprint density at radius 1 is 1.35 bits per heavy atom. The Balaban J connectivity index is 2.93.